The second-order valence-electron chi connectivity index (χ2n) is 6.80. The summed E-state index contributed by atoms with van der Waals surface area (Å²) in [4.78, 5) is 16.0. The summed E-state index contributed by atoms with van der Waals surface area (Å²) in [5.74, 6) is 1.84. The number of nitrogens with one attached hydrogen (secondary N) is 1. The van der Waals surface area contributed by atoms with Crippen molar-refractivity contribution in [3.05, 3.63) is 58.6 Å². The molecular formula is C20H22ClN2O3+. The minimum Gasteiger partial charge on any atom is -0.454 e. The molecule has 2 heterocycles. The smallest absolute Gasteiger partial charge is 0.231 e. The molecule has 0 spiro atoms. The average molecular weight is 374 g/mol. The summed E-state index contributed by atoms with van der Waals surface area (Å²) in [7, 11) is 0. The number of nitrogens with zero attached hydrogens (tertiary/aromatic N) is 1. The molecule has 6 heteroatoms. The van der Waals surface area contributed by atoms with Crippen molar-refractivity contribution in [1.29, 1.82) is 0 Å². The molecular weight excluding hydrogens is 352 g/mol. The van der Waals surface area contributed by atoms with Crippen LogP contribution in [0.2, 0.25) is 5.02 Å². The molecule has 1 amide bonds. The molecule has 136 valence electrons. The summed E-state index contributed by atoms with van der Waals surface area (Å²) in [6.45, 7) is 4.76. The van der Waals surface area contributed by atoms with Gasteiger partial charge in [-0.25, -0.2) is 0 Å². The second-order valence-corrected chi connectivity index (χ2v) is 7.23. The van der Waals surface area contributed by atoms with E-state index in [0.717, 1.165) is 49.8 Å². The van der Waals surface area contributed by atoms with Gasteiger partial charge in [0.05, 0.1) is 32.6 Å². The molecule has 1 saturated heterocycles. The number of hydrogen-bond donors (Lipinski definition) is 1. The molecule has 4 rings (SSSR count). The maximum absolute atomic E-state index is 12.5. The summed E-state index contributed by atoms with van der Waals surface area (Å²) in [6.07, 6.45) is 0.439. The molecule has 0 bridgehead atoms. The van der Waals surface area contributed by atoms with Crippen LogP contribution in [0.15, 0.2) is 42.5 Å². The van der Waals surface area contributed by atoms with Crippen LogP contribution in [0.5, 0.6) is 11.5 Å². The quantitative estimate of drug-likeness (QED) is 0.884. The van der Waals surface area contributed by atoms with Crippen LogP contribution in [0.25, 0.3) is 0 Å². The molecule has 0 aromatic heterocycles. The van der Waals surface area contributed by atoms with Crippen molar-refractivity contribution < 1.29 is 19.2 Å². The molecule has 0 saturated carbocycles. The number of ether oxygens (including phenoxy) is 2. The average Bonchev–Trinajstić information content (AvgIpc) is 3.12. The molecule has 5 nitrogen and oxygen atoms in total. The van der Waals surface area contributed by atoms with Gasteiger partial charge in [-0.15, -0.1) is 0 Å². The zero-order valence-electron chi connectivity index (χ0n) is 14.5. The Hall–Kier alpha value is -2.24. The van der Waals surface area contributed by atoms with Crippen LogP contribution in [-0.4, -0.2) is 43.8 Å². The monoisotopic (exact) mass is 373 g/mol. The molecule has 0 atom stereocenters. The number of benzene rings is 2. The van der Waals surface area contributed by atoms with Crippen molar-refractivity contribution in [2.24, 2.45) is 0 Å². The third kappa shape index (κ3) is 3.94. The number of piperazine rings is 1. The Bertz CT molecular complexity index is 786. The standard InChI is InChI=1S/C20H21ClN2O3/c21-17-4-1-15(2-5-17)12-20(24)23-9-7-22(8-10-23)13-16-3-6-18-19(11-16)26-14-25-18/h1-6,11H,7-10,12-14H2/p+1. The number of halogens is 1. The van der Waals surface area contributed by atoms with Crippen LogP contribution in [0.1, 0.15) is 11.1 Å². The Morgan fingerprint density at radius 1 is 1.00 bits per heavy atom. The van der Waals surface area contributed by atoms with Gasteiger partial charge in [0.1, 0.15) is 6.54 Å². The highest BCUT2D eigenvalue weighted by molar-refractivity contribution is 6.30. The van der Waals surface area contributed by atoms with E-state index >= 15 is 0 Å². The minimum absolute atomic E-state index is 0.189. The number of carbonyl (C=O) groups is 1. The van der Waals surface area contributed by atoms with Crippen LogP contribution >= 0.6 is 11.6 Å². The molecule has 0 unspecified atom stereocenters. The van der Waals surface area contributed by atoms with Gasteiger partial charge in [-0.05, 0) is 35.9 Å². The lowest BCUT2D eigenvalue weighted by Crippen LogP contribution is -3.13. The molecule has 2 aromatic carbocycles. The number of carbonyl (C=O) groups excluding carboxylic acids is 1. The lowest BCUT2D eigenvalue weighted by atomic mass is 10.1. The van der Waals surface area contributed by atoms with E-state index < -0.39 is 0 Å². The lowest BCUT2D eigenvalue weighted by molar-refractivity contribution is -0.917. The summed E-state index contributed by atoms with van der Waals surface area (Å²) in [5.41, 5.74) is 2.25. The van der Waals surface area contributed by atoms with Crippen LogP contribution in [0.3, 0.4) is 0 Å². The first kappa shape index (κ1) is 17.2. The third-order valence-electron chi connectivity index (χ3n) is 4.98. The molecule has 26 heavy (non-hydrogen) atoms. The van der Waals surface area contributed by atoms with E-state index in [2.05, 4.69) is 12.1 Å². The van der Waals surface area contributed by atoms with Crippen molar-refractivity contribution >= 4 is 17.5 Å². The lowest BCUT2D eigenvalue weighted by Gasteiger charge is -2.32. The van der Waals surface area contributed by atoms with Gasteiger partial charge in [-0.1, -0.05) is 23.7 Å². The zero-order valence-corrected chi connectivity index (χ0v) is 15.3. The topological polar surface area (TPSA) is 43.2 Å². The Morgan fingerprint density at radius 3 is 2.46 bits per heavy atom. The molecule has 2 aliphatic rings. The van der Waals surface area contributed by atoms with E-state index in [-0.39, 0.29) is 5.91 Å². The zero-order chi connectivity index (χ0) is 17.9. The van der Waals surface area contributed by atoms with Gasteiger partial charge >= 0.3 is 0 Å². The maximum Gasteiger partial charge on any atom is 0.231 e. The van der Waals surface area contributed by atoms with Crippen LogP contribution in [-0.2, 0) is 17.8 Å². The summed E-state index contributed by atoms with van der Waals surface area (Å²) >= 11 is 5.90. The first-order valence-electron chi connectivity index (χ1n) is 8.92. The van der Waals surface area contributed by atoms with Gasteiger partial charge in [-0.3, -0.25) is 4.79 Å². The normalized spacial score (nSPS) is 16.7. The van der Waals surface area contributed by atoms with Crippen molar-refractivity contribution in [3.63, 3.8) is 0 Å². The Morgan fingerprint density at radius 2 is 1.69 bits per heavy atom. The van der Waals surface area contributed by atoms with Crippen molar-refractivity contribution in [1.82, 2.24) is 4.90 Å². The van der Waals surface area contributed by atoms with Gasteiger partial charge in [-0.2, -0.15) is 0 Å². The largest absolute Gasteiger partial charge is 0.454 e. The van der Waals surface area contributed by atoms with Crippen molar-refractivity contribution in [2.75, 3.05) is 33.0 Å². The van der Waals surface area contributed by atoms with Gasteiger partial charge in [0.15, 0.2) is 11.5 Å². The second kappa shape index (κ2) is 7.56. The fourth-order valence-electron chi connectivity index (χ4n) is 3.48. The van der Waals surface area contributed by atoms with E-state index in [1.165, 1.54) is 10.5 Å². The Labute approximate surface area is 158 Å². The number of amides is 1. The molecule has 1 fully saturated rings. The first-order valence-corrected chi connectivity index (χ1v) is 9.29. The van der Waals surface area contributed by atoms with Gasteiger partial charge < -0.3 is 19.3 Å². The SMILES string of the molecule is O=C(Cc1ccc(Cl)cc1)N1CC[NH+](Cc2ccc3c(c2)OCO3)CC1. The van der Waals surface area contributed by atoms with Crippen LogP contribution in [0.4, 0.5) is 0 Å². The highest BCUT2D eigenvalue weighted by atomic mass is 35.5. The fourth-order valence-corrected chi connectivity index (χ4v) is 3.60. The van der Waals surface area contributed by atoms with E-state index in [1.807, 2.05) is 35.2 Å². The highest BCUT2D eigenvalue weighted by Crippen LogP contribution is 2.32. The Kier molecular flexibility index (Phi) is 5.00. The number of fused-ring (bicyclic) bond motifs is 1. The highest BCUT2D eigenvalue weighted by Gasteiger charge is 2.24. The van der Waals surface area contributed by atoms with E-state index in [9.17, 15) is 4.79 Å². The first-order chi connectivity index (χ1) is 12.7. The third-order valence-corrected chi connectivity index (χ3v) is 5.23. The Balaban J connectivity index is 1.28. The summed E-state index contributed by atoms with van der Waals surface area (Å²) in [5, 5.41) is 0.696. The maximum atomic E-state index is 12.5. The van der Waals surface area contributed by atoms with Gasteiger partial charge in [0.2, 0.25) is 12.7 Å². The van der Waals surface area contributed by atoms with E-state index in [4.69, 9.17) is 21.1 Å². The number of quaternary nitrogens is 1. The predicted octanol–water partition coefficient (Wildman–Crippen LogP) is 1.54. The summed E-state index contributed by atoms with van der Waals surface area (Å²) < 4.78 is 10.8. The number of rotatable bonds is 4. The fraction of sp³-hybridized carbons (Fsp3) is 0.350. The molecule has 0 radical (unpaired) electrons. The van der Waals surface area contributed by atoms with Crippen LogP contribution in [0, 0.1) is 0 Å². The van der Waals surface area contributed by atoms with Crippen molar-refractivity contribution in [2.45, 2.75) is 13.0 Å². The van der Waals surface area contributed by atoms with Gasteiger partial charge in [0.25, 0.3) is 0 Å². The van der Waals surface area contributed by atoms with Crippen molar-refractivity contribution in [3.8, 4) is 11.5 Å². The molecule has 0 aliphatic carbocycles. The summed E-state index contributed by atoms with van der Waals surface area (Å²) in [6, 6.07) is 13.6. The number of hydrogen-bond acceptors (Lipinski definition) is 3. The van der Waals surface area contributed by atoms with Crippen LogP contribution < -0.4 is 14.4 Å². The van der Waals surface area contributed by atoms with E-state index in [0.29, 0.717) is 18.2 Å². The van der Waals surface area contributed by atoms with Gasteiger partial charge in [0, 0.05) is 10.6 Å². The molecule has 2 aromatic rings. The molecule has 1 N–H and O–H groups in total. The molecule has 2 aliphatic heterocycles. The predicted molar refractivity (Wildman–Crippen MR) is 98.7 cm³/mol. The van der Waals surface area contributed by atoms with E-state index in [1.54, 1.807) is 0 Å². The minimum atomic E-state index is 0.189.